The number of hydrogen-bond donors (Lipinski definition) is 1. The number of hydrogen-bond acceptors (Lipinski definition) is 5. The molecule has 0 fully saturated rings. The number of rotatable bonds is 5. The molecule has 3 aromatic carbocycles. The SMILES string of the molecule is Cc1cccc(C2C(C(=O)c3sc(-c4ccccc4)nc3C)=C(O)C(=O)N2c2ccccc2)c1. The molecular weight excluding hydrogens is 444 g/mol. The van der Waals surface area contributed by atoms with Gasteiger partial charge in [-0.3, -0.25) is 14.5 Å². The van der Waals surface area contributed by atoms with Crippen LogP contribution in [0.15, 0.2) is 96.3 Å². The molecule has 0 radical (unpaired) electrons. The van der Waals surface area contributed by atoms with Crippen LogP contribution in [-0.4, -0.2) is 21.8 Å². The van der Waals surface area contributed by atoms with Crippen LogP contribution in [0.1, 0.15) is 32.5 Å². The summed E-state index contributed by atoms with van der Waals surface area (Å²) < 4.78 is 0. The first kappa shape index (κ1) is 21.8. The molecule has 0 bridgehead atoms. The minimum Gasteiger partial charge on any atom is -0.503 e. The number of amides is 1. The number of anilines is 1. The van der Waals surface area contributed by atoms with Crippen LogP contribution in [-0.2, 0) is 4.79 Å². The zero-order chi connectivity index (χ0) is 23.8. The lowest BCUT2D eigenvalue weighted by Crippen LogP contribution is -2.31. The number of aryl methyl sites for hydroxylation is 2. The lowest BCUT2D eigenvalue weighted by Gasteiger charge is -2.27. The van der Waals surface area contributed by atoms with Crippen molar-refractivity contribution in [2.24, 2.45) is 0 Å². The maximum absolute atomic E-state index is 13.9. The second-order valence-corrected chi connectivity index (χ2v) is 9.22. The molecule has 0 aliphatic carbocycles. The van der Waals surface area contributed by atoms with Crippen LogP contribution >= 0.6 is 11.3 Å². The Labute approximate surface area is 201 Å². The summed E-state index contributed by atoms with van der Waals surface area (Å²) in [6.45, 7) is 3.73. The van der Waals surface area contributed by atoms with Crippen LogP contribution in [0.25, 0.3) is 10.6 Å². The number of carbonyl (C=O) groups is 2. The van der Waals surface area contributed by atoms with Gasteiger partial charge in [0, 0.05) is 11.3 Å². The van der Waals surface area contributed by atoms with E-state index in [2.05, 4.69) is 4.98 Å². The van der Waals surface area contributed by atoms with Gasteiger partial charge in [0.25, 0.3) is 5.91 Å². The smallest absolute Gasteiger partial charge is 0.294 e. The number of Topliss-reactive ketones (excluding diaryl/α,β-unsaturated/α-hetero) is 1. The third-order valence-electron chi connectivity index (χ3n) is 5.87. The Balaban J connectivity index is 1.64. The topological polar surface area (TPSA) is 70.5 Å². The number of para-hydroxylation sites is 1. The van der Waals surface area contributed by atoms with Gasteiger partial charge in [-0.25, -0.2) is 4.98 Å². The van der Waals surface area contributed by atoms with Gasteiger partial charge in [-0.1, -0.05) is 78.4 Å². The molecule has 5 rings (SSSR count). The summed E-state index contributed by atoms with van der Waals surface area (Å²) in [5.74, 6) is -1.49. The summed E-state index contributed by atoms with van der Waals surface area (Å²) >= 11 is 1.27. The summed E-state index contributed by atoms with van der Waals surface area (Å²) in [4.78, 5) is 33.7. The van der Waals surface area contributed by atoms with Crippen molar-refractivity contribution in [3.8, 4) is 10.6 Å². The highest BCUT2D eigenvalue weighted by atomic mass is 32.1. The highest BCUT2D eigenvalue weighted by Gasteiger charge is 2.45. The molecule has 0 saturated carbocycles. The van der Waals surface area contributed by atoms with Crippen LogP contribution in [0.2, 0.25) is 0 Å². The van der Waals surface area contributed by atoms with Crippen LogP contribution in [0.5, 0.6) is 0 Å². The second kappa shape index (κ2) is 8.72. The molecule has 34 heavy (non-hydrogen) atoms. The van der Waals surface area contributed by atoms with Crippen molar-refractivity contribution in [2.75, 3.05) is 4.90 Å². The largest absolute Gasteiger partial charge is 0.503 e. The van der Waals surface area contributed by atoms with Crippen molar-refractivity contribution in [2.45, 2.75) is 19.9 Å². The van der Waals surface area contributed by atoms with Gasteiger partial charge in [-0.05, 0) is 31.5 Å². The fourth-order valence-electron chi connectivity index (χ4n) is 4.28. The predicted molar refractivity (Wildman–Crippen MR) is 134 cm³/mol. The quantitative estimate of drug-likeness (QED) is 0.355. The molecule has 4 aromatic rings. The zero-order valence-corrected chi connectivity index (χ0v) is 19.5. The van der Waals surface area contributed by atoms with E-state index in [9.17, 15) is 14.7 Å². The first-order chi connectivity index (χ1) is 16.5. The predicted octanol–water partition coefficient (Wildman–Crippen LogP) is 6.21. The van der Waals surface area contributed by atoms with Crippen molar-refractivity contribution < 1.29 is 14.7 Å². The maximum atomic E-state index is 13.9. The number of nitrogens with zero attached hydrogens (tertiary/aromatic N) is 2. The molecule has 1 atom stereocenters. The van der Waals surface area contributed by atoms with E-state index in [-0.39, 0.29) is 11.4 Å². The molecule has 1 unspecified atom stereocenters. The van der Waals surface area contributed by atoms with Crippen LogP contribution in [0.3, 0.4) is 0 Å². The van der Waals surface area contributed by atoms with Crippen LogP contribution in [0.4, 0.5) is 5.69 Å². The highest BCUT2D eigenvalue weighted by Crippen LogP contribution is 2.43. The van der Waals surface area contributed by atoms with Gasteiger partial charge >= 0.3 is 0 Å². The van der Waals surface area contributed by atoms with Crippen molar-refractivity contribution in [1.29, 1.82) is 0 Å². The summed E-state index contributed by atoms with van der Waals surface area (Å²) in [5.41, 5.74) is 3.93. The van der Waals surface area contributed by atoms with Crippen LogP contribution < -0.4 is 4.90 Å². The third-order valence-corrected chi connectivity index (χ3v) is 7.07. The minimum absolute atomic E-state index is 0.0748. The molecule has 5 nitrogen and oxygen atoms in total. The van der Waals surface area contributed by atoms with Crippen molar-refractivity contribution >= 4 is 28.7 Å². The summed E-state index contributed by atoms with van der Waals surface area (Å²) in [6.07, 6.45) is 0. The van der Waals surface area contributed by atoms with Gasteiger partial charge in [-0.2, -0.15) is 0 Å². The number of aliphatic hydroxyl groups excluding tert-OH is 1. The minimum atomic E-state index is -0.746. The molecular formula is C28H22N2O3S. The fraction of sp³-hybridized carbons (Fsp3) is 0.107. The van der Waals surface area contributed by atoms with Crippen molar-refractivity contribution in [3.05, 3.63) is 118 Å². The molecule has 0 spiro atoms. The first-order valence-electron chi connectivity index (χ1n) is 10.9. The Morgan fingerprint density at radius 2 is 1.62 bits per heavy atom. The monoisotopic (exact) mass is 466 g/mol. The van der Waals surface area contributed by atoms with E-state index in [0.29, 0.717) is 16.3 Å². The van der Waals surface area contributed by atoms with E-state index >= 15 is 0 Å². The normalized spacial score (nSPS) is 15.8. The standard InChI is InChI=1S/C28H22N2O3S/c1-17-10-9-13-20(16-17)23-22(25(32)28(33)30(23)21-14-7-4-8-15-21)24(31)26-18(2)29-27(34-26)19-11-5-3-6-12-19/h3-16,23,32H,1-2H3. The van der Waals surface area contributed by atoms with Gasteiger partial charge in [-0.15, -0.1) is 11.3 Å². The van der Waals surface area contributed by atoms with Gasteiger partial charge in [0.1, 0.15) is 5.01 Å². The van der Waals surface area contributed by atoms with Gasteiger partial charge in [0.05, 0.1) is 22.2 Å². The van der Waals surface area contributed by atoms with E-state index in [1.807, 2.05) is 79.7 Å². The Morgan fingerprint density at radius 3 is 2.29 bits per heavy atom. The lowest BCUT2D eigenvalue weighted by atomic mass is 9.94. The molecule has 168 valence electrons. The summed E-state index contributed by atoms with van der Waals surface area (Å²) in [7, 11) is 0. The molecule has 1 aliphatic rings. The zero-order valence-electron chi connectivity index (χ0n) is 18.7. The number of aromatic nitrogens is 1. The Kier molecular flexibility index (Phi) is 5.59. The Hall–Kier alpha value is -4.03. The summed E-state index contributed by atoms with van der Waals surface area (Å²) in [5, 5.41) is 11.7. The summed E-state index contributed by atoms with van der Waals surface area (Å²) in [6, 6.07) is 25.7. The highest BCUT2D eigenvalue weighted by molar-refractivity contribution is 7.17. The average molecular weight is 467 g/mol. The first-order valence-corrected chi connectivity index (χ1v) is 11.7. The number of benzene rings is 3. The van der Waals surface area contributed by atoms with Crippen LogP contribution in [0, 0.1) is 13.8 Å². The molecule has 1 aliphatic heterocycles. The third kappa shape index (κ3) is 3.72. The molecule has 2 heterocycles. The van der Waals surface area contributed by atoms with Gasteiger partial charge in [0.15, 0.2) is 5.76 Å². The molecule has 1 aromatic heterocycles. The Bertz CT molecular complexity index is 1420. The number of ketones is 1. The average Bonchev–Trinajstić information content (AvgIpc) is 3.37. The maximum Gasteiger partial charge on any atom is 0.294 e. The van der Waals surface area contributed by atoms with Crippen molar-refractivity contribution in [3.63, 3.8) is 0 Å². The van der Waals surface area contributed by atoms with E-state index in [4.69, 9.17) is 0 Å². The van der Waals surface area contributed by atoms with Crippen molar-refractivity contribution in [1.82, 2.24) is 4.98 Å². The Morgan fingerprint density at radius 1 is 0.941 bits per heavy atom. The second-order valence-electron chi connectivity index (χ2n) is 8.22. The van der Waals surface area contributed by atoms with E-state index in [1.165, 1.54) is 16.2 Å². The van der Waals surface area contributed by atoms with Gasteiger partial charge < -0.3 is 5.11 Å². The lowest BCUT2D eigenvalue weighted by molar-refractivity contribution is -0.117. The fourth-order valence-corrected chi connectivity index (χ4v) is 5.31. The van der Waals surface area contributed by atoms with E-state index in [1.54, 1.807) is 19.1 Å². The molecule has 1 N–H and O–H groups in total. The number of thiazole rings is 1. The number of aliphatic hydroxyl groups is 1. The van der Waals surface area contributed by atoms with Gasteiger partial charge in [0.2, 0.25) is 5.78 Å². The molecule has 6 heteroatoms. The molecule has 0 saturated heterocycles. The number of carbonyl (C=O) groups excluding carboxylic acids is 2. The molecule has 1 amide bonds. The van der Waals surface area contributed by atoms with E-state index < -0.39 is 17.7 Å². The van der Waals surface area contributed by atoms with E-state index in [0.717, 1.165) is 21.7 Å².